The number of hydrogen-bond acceptors (Lipinski definition) is 1. The monoisotopic (exact) mass is 185 g/mol. The summed E-state index contributed by atoms with van der Waals surface area (Å²) in [6.07, 6.45) is 7.09. The highest BCUT2D eigenvalue weighted by Crippen LogP contribution is 2.56. The molecule has 0 amide bonds. The predicted octanol–water partition coefficient (Wildman–Crippen LogP) is 2.59. The summed E-state index contributed by atoms with van der Waals surface area (Å²) in [5.41, 5.74) is 0. The summed E-state index contributed by atoms with van der Waals surface area (Å²) in [5, 5.41) is 8.50. The lowest BCUT2D eigenvalue weighted by Gasteiger charge is -2.52. The van der Waals surface area contributed by atoms with Crippen LogP contribution in [0, 0.1) is 52.8 Å². The number of hydrogen-bond donors (Lipinski definition) is 0. The van der Waals surface area contributed by atoms with Crippen molar-refractivity contribution in [1.29, 1.82) is 5.26 Å². The average molecular weight is 185 g/mol. The Kier molecular flexibility index (Phi) is 1.81. The quantitative estimate of drug-likeness (QED) is 0.532. The largest absolute Gasteiger partial charge is 0.183 e. The SMILES string of the molecule is N#CC#CC1C2CC3CC(C2)CC1C3. The Morgan fingerprint density at radius 1 is 0.857 bits per heavy atom. The van der Waals surface area contributed by atoms with Crippen molar-refractivity contribution in [3.8, 4) is 17.9 Å². The van der Waals surface area contributed by atoms with Crippen molar-refractivity contribution in [3.05, 3.63) is 0 Å². The van der Waals surface area contributed by atoms with Gasteiger partial charge in [-0.15, -0.1) is 0 Å². The van der Waals surface area contributed by atoms with Gasteiger partial charge in [0.15, 0.2) is 6.07 Å². The molecule has 1 heteroatoms. The summed E-state index contributed by atoms with van der Waals surface area (Å²) in [6, 6.07) is 1.97. The first kappa shape index (κ1) is 8.37. The van der Waals surface area contributed by atoms with Crippen LogP contribution in [-0.4, -0.2) is 0 Å². The summed E-state index contributed by atoms with van der Waals surface area (Å²) < 4.78 is 0. The second-order valence-corrected chi connectivity index (χ2v) is 5.34. The molecule has 0 heterocycles. The number of nitrogens with zero attached hydrogens (tertiary/aromatic N) is 1. The van der Waals surface area contributed by atoms with Crippen molar-refractivity contribution in [3.63, 3.8) is 0 Å². The van der Waals surface area contributed by atoms with Gasteiger partial charge >= 0.3 is 0 Å². The zero-order valence-corrected chi connectivity index (χ0v) is 8.37. The summed E-state index contributed by atoms with van der Waals surface area (Å²) in [4.78, 5) is 0. The van der Waals surface area contributed by atoms with Crippen molar-refractivity contribution in [2.24, 2.45) is 29.6 Å². The lowest BCUT2D eigenvalue weighted by Crippen LogP contribution is -2.44. The van der Waals surface area contributed by atoms with E-state index < -0.39 is 0 Å². The van der Waals surface area contributed by atoms with Gasteiger partial charge in [0.1, 0.15) is 0 Å². The van der Waals surface area contributed by atoms with Crippen molar-refractivity contribution < 1.29 is 0 Å². The minimum atomic E-state index is 0.572. The Balaban J connectivity index is 1.85. The third-order valence-corrected chi connectivity index (χ3v) is 4.52. The number of nitriles is 1. The molecule has 4 rings (SSSR count). The predicted molar refractivity (Wildman–Crippen MR) is 53.9 cm³/mol. The summed E-state index contributed by atoms with van der Waals surface area (Å²) in [6.45, 7) is 0. The van der Waals surface area contributed by atoms with Crippen LogP contribution in [0.4, 0.5) is 0 Å². The van der Waals surface area contributed by atoms with E-state index in [4.69, 9.17) is 5.26 Å². The first-order chi connectivity index (χ1) is 6.86. The van der Waals surface area contributed by atoms with Gasteiger partial charge in [-0.05, 0) is 55.8 Å². The van der Waals surface area contributed by atoms with Crippen LogP contribution < -0.4 is 0 Å². The van der Waals surface area contributed by atoms with E-state index in [2.05, 4.69) is 11.8 Å². The van der Waals surface area contributed by atoms with Crippen LogP contribution in [0.3, 0.4) is 0 Å². The van der Waals surface area contributed by atoms with Crippen LogP contribution in [-0.2, 0) is 0 Å². The third-order valence-electron chi connectivity index (χ3n) is 4.52. The first-order valence-corrected chi connectivity index (χ1v) is 5.76. The van der Waals surface area contributed by atoms with Crippen molar-refractivity contribution >= 4 is 0 Å². The molecule has 4 saturated carbocycles. The van der Waals surface area contributed by atoms with Crippen molar-refractivity contribution in [2.75, 3.05) is 0 Å². The summed E-state index contributed by atoms with van der Waals surface area (Å²) in [7, 11) is 0. The molecule has 0 aromatic carbocycles. The van der Waals surface area contributed by atoms with E-state index in [1.54, 1.807) is 0 Å². The fraction of sp³-hybridized carbons (Fsp3) is 0.769. The van der Waals surface area contributed by atoms with Gasteiger partial charge in [0.25, 0.3) is 0 Å². The van der Waals surface area contributed by atoms with Crippen LogP contribution in [0.15, 0.2) is 0 Å². The standard InChI is InChI=1S/C13H15N/c14-3-1-2-13-11-5-9-4-10(7-11)8-12(13)6-9/h9-13H,4-8H2. The zero-order chi connectivity index (χ0) is 9.54. The molecule has 4 aliphatic rings. The maximum absolute atomic E-state index is 8.50. The summed E-state index contributed by atoms with van der Waals surface area (Å²) in [5.74, 6) is 10.1. The highest BCUT2D eigenvalue weighted by Gasteiger charge is 2.47. The first-order valence-electron chi connectivity index (χ1n) is 5.76. The van der Waals surface area contributed by atoms with Gasteiger partial charge in [0, 0.05) is 11.8 Å². The van der Waals surface area contributed by atoms with E-state index in [9.17, 15) is 0 Å². The molecule has 0 aromatic rings. The molecule has 0 aromatic heterocycles. The Morgan fingerprint density at radius 3 is 1.93 bits per heavy atom. The minimum absolute atomic E-state index is 0.572. The molecule has 0 N–H and O–H groups in total. The Labute approximate surface area is 85.5 Å². The molecule has 72 valence electrons. The van der Waals surface area contributed by atoms with E-state index in [1.165, 1.54) is 32.1 Å². The Hall–Kier alpha value is -0.950. The molecule has 0 saturated heterocycles. The summed E-state index contributed by atoms with van der Waals surface area (Å²) >= 11 is 0. The second-order valence-electron chi connectivity index (χ2n) is 5.34. The van der Waals surface area contributed by atoms with Crippen LogP contribution in [0.5, 0.6) is 0 Å². The number of rotatable bonds is 0. The molecule has 0 spiro atoms. The molecule has 4 aliphatic carbocycles. The van der Waals surface area contributed by atoms with Gasteiger partial charge < -0.3 is 0 Å². The lowest BCUT2D eigenvalue weighted by molar-refractivity contribution is -0.0122. The molecule has 0 radical (unpaired) electrons. The molecular formula is C13H15N. The van der Waals surface area contributed by atoms with E-state index >= 15 is 0 Å². The lowest BCUT2D eigenvalue weighted by atomic mass is 9.52. The third kappa shape index (κ3) is 1.16. The van der Waals surface area contributed by atoms with E-state index in [1.807, 2.05) is 6.07 Å². The van der Waals surface area contributed by atoms with Gasteiger partial charge in [-0.25, -0.2) is 0 Å². The molecule has 14 heavy (non-hydrogen) atoms. The van der Waals surface area contributed by atoms with Crippen LogP contribution in [0.1, 0.15) is 32.1 Å². The molecule has 4 fully saturated rings. The van der Waals surface area contributed by atoms with Gasteiger partial charge in [0.2, 0.25) is 0 Å². The van der Waals surface area contributed by atoms with Gasteiger partial charge in [-0.3, -0.25) is 0 Å². The molecule has 0 atom stereocenters. The van der Waals surface area contributed by atoms with Crippen LogP contribution >= 0.6 is 0 Å². The smallest absolute Gasteiger partial charge is 0.152 e. The normalized spacial score (nSPS) is 48.1. The maximum atomic E-state index is 8.50. The minimum Gasteiger partial charge on any atom is -0.183 e. The molecular weight excluding hydrogens is 170 g/mol. The fourth-order valence-electron chi connectivity index (χ4n) is 4.28. The topological polar surface area (TPSA) is 23.8 Å². The highest BCUT2D eigenvalue weighted by molar-refractivity contribution is 5.21. The van der Waals surface area contributed by atoms with Gasteiger partial charge in [0.05, 0.1) is 0 Å². The van der Waals surface area contributed by atoms with Crippen molar-refractivity contribution in [2.45, 2.75) is 32.1 Å². The highest BCUT2D eigenvalue weighted by atomic mass is 14.5. The van der Waals surface area contributed by atoms with Crippen LogP contribution in [0.2, 0.25) is 0 Å². The van der Waals surface area contributed by atoms with E-state index in [0.717, 1.165) is 23.7 Å². The fourth-order valence-corrected chi connectivity index (χ4v) is 4.28. The van der Waals surface area contributed by atoms with Crippen LogP contribution in [0.25, 0.3) is 0 Å². The molecule has 0 unspecified atom stereocenters. The van der Waals surface area contributed by atoms with Gasteiger partial charge in [-0.1, -0.05) is 5.92 Å². The Bertz CT molecular complexity index is 310. The van der Waals surface area contributed by atoms with E-state index in [0.29, 0.717) is 5.92 Å². The Morgan fingerprint density at radius 2 is 1.43 bits per heavy atom. The van der Waals surface area contributed by atoms with Crippen molar-refractivity contribution in [1.82, 2.24) is 0 Å². The molecule has 1 nitrogen and oxygen atoms in total. The molecule has 0 aliphatic heterocycles. The zero-order valence-electron chi connectivity index (χ0n) is 8.37. The maximum Gasteiger partial charge on any atom is 0.152 e. The van der Waals surface area contributed by atoms with Gasteiger partial charge in [-0.2, -0.15) is 5.26 Å². The second kappa shape index (κ2) is 3.03. The van der Waals surface area contributed by atoms with E-state index in [-0.39, 0.29) is 0 Å². The molecule has 4 bridgehead atoms. The average Bonchev–Trinajstić information content (AvgIpc) is 2.15.